The number of amides is 1. The highest BCUT2D eigenvalue weighted by Crippen LogP contribution is 2.32. The molecule has 120 valence electrons. The van der Waals surface area contributed by atoms with Gasteiger partial charge in [0.2, 0.25) is 11.8 Å². The molecule has 5 nitrogen and oxygen atoms in total. The molecular weight excluding hydrogens is 290 g/mol. The average Bonchev–Trinajstić information content (AvgIpc) is 2.99. The summed E-state index contributed by atoms with van der Waals surface area (Å²) in [5, 5.41) is 0. The molecule has 1 aromatic carbocycles. The third-order valence-electron chi connectivity index (χ3n) is 4.11. The largest absolute Gasteiger partial charge is 0.439 e. The molecule has 1 aromatic heterocycles. The molecule has 3 rings (SSSR count). The van der Waals surface area contributed by atoms with Crippen LogP contribution in [0.2, 0.25) is 0 Å². The second-order valence-electron chi connectivity index (χ2n) is 5.94. The van der Waals surface area contributed by atoms with Gasteiger partial charge in [0.25, 0.3) is 0 Å². The van der Waals surface area contributed by atoms with Gasteiger partial charge in [0.1, 0.15) is 5.75 Å². The number of rotatable bonds is 3. The molecule has 2 aromatic rings. The van der Waals surface area contributed by atoms with E-state index in [9.17, 15) is 4.79 Å². The van der Waals surface area contributed by atoms with Crippen LogP contribution in [-0.4, -0.2) is 27.3 Å². The van der Waals surface area contributed by atoms with Crippen molar-refractivity contribution in [1.29, 1.82) is 0 Å². The van der Waals surface area contributed by atoms with Crippen LogP contribution in [0.1, 0.15) is 42.9 Å². The Morgan fingerprint density at radius 2 is 2.04 bits per heavy atom. The molecule has 0 saturated carbocycles. The Morgan fingerprint density at radius 1 is 1.26 bits per heavy atom. The van der Waals surface area contributed by atoms with Crippen LogP contribution in [0, 0.1) is 13.8 Å². The van der Waals surface area contributed by atoms with Gasteiger partial charge >= 0.3 is 0 Å². The predicted octanol–water partition coefficient (Wildman–Crippen LogP) is 3.57. The minimum atomic E-state index is -0.0494. The number of carbonyl (C=O) groups excluding carboxylic acids is 1. The summed E-state index contributed by atoms with van der Waals surface area (Å²) >= 11 is 0. The van der Waals surface area contributed by atoms with E-state index in [0.717, 1.165) is 36.4 Å². The molecule has 1 aliphatic rings. The van der Waals surface area contributed by atoms with Crippen molar-refractivity contribution in [1.82, 2.24) is 14.9 Å². The van der Waals surface area contributed by atoms with Crippen molar-refractivity contribution in [2.45, 2.75) is 39.7 Å². The Bertz CT molecular complexity index is 730. The van der Waals surface area contributed by atoms with Crippen molar-refractivity contribution < 1.29 is 9.53 Å². The monoisotopic (exact) mass is 311 g/mol. The minimum absolute atomic E-state index is 0.0494. The van der Waals surface area contributed by atoms with E-state index in [1.54, 1.807) is 6.92 Å². The van der Waals surface area contributed by atoms with Gasteiger partial charge in [-0.1, -0.05) is 18.2 Å². The van der Waals surface area contributed by atoms with Gasteiger partial charge in [0.05, 0.1) is 6.04 Å². The van der Waals surface area contributed by atoms with E-state index in [1.807, 2.05) is 49.1 Å². The molecule has 0 N–H and O–H groups in total. The Balaban J connectivity index is 1.90. The fourth-order valence-corrected chi connectivity index (χ4v) is 2.96. The van der Waals surface area contributed by atoms with Crippen molar-refractivity contribution in [3.8, 4) is 11.6 Å². The molecule has 1 amide bonds. The van der Waals surface area contributed by atoms with Crippen LogP contribution < -0.4 is 4.74 Å². The summed E-state index contributed by atoms with van der Waals surface area (Å²) in [6.07, 6.45) is 1.88. The third kappa shape index (κ3) is 3.33. The summed E-state index contributed by atoms with van der Waals surface area (Å²) in [6.45, 7) is 6.28. The summed E-state index contributed by atoms with van der Waals surface area (Å²) in [5.41, 5.74) is 1.89. The van der Waals surface area contributed by atoms with Crippen LogP contribution in [0.3, 0.4) is 0 Å². The van der Waals surface area contributed by atoms with E-state index >= 15 is 0 Å². The van der Waals surface area contributed by atoms with Crippen LogP contribution in [-0.2, 0) is 4.79 Å². The quantitative estimate of drug-likeness (QED) is 0.869. The van der Waals surface area contributed by atoms with Gasteiger partial charge in [-0.3, -0.25) is 4.79 Å². The molecule has 0 unspecified atom stereocenters. The highest BCUT2D eigenvalue weighted by Gasteiger charge is 2.30. The lowest BCUT2D eigenvalue weighted by molar-refractivity contribution is -0.129. The van der Waals surface area contributed by atoms with E-state index in [0.29, 0.717) is 11.7 Å². The molecular formula is C18H21N3O2. The molecule has 0 radical (unpaired) electrons. The Labute approximate surface area is 136 Å². The lowest BCUT2D eigenvalue weighted by Crippen LogP contribution is -2.29. The molecule has 23 heavy (non-hydrogen) atoms. The first-order valence-electron chi connectivity index (χ1n) is 7.91. The molecule has 1 aliphatic heterocycles. The van der Waals surface area contributed by atoms with E-state index in [1.165, 1.54) is 0 Å². The van der Waals surface area contributed by atoms with Gasteiger partial charge in [-0.2, -0.15) is 4.98 Å². The fraction of sp³-hybridized carbons (Fsp3) is 0.389. The number of nitrogens with zero attached hydrogens (tertiary/aromatic N) is 3. The Kier molecular flexibility index (Phi) is 4.28. The van der Waals surface area contributed by atoms with E-state index in [4.69, 9.17) is 4.74 Å². The number of aromatic nitrogens is 2. The highest BCUT2D eigenvalue weighted by atomic mass is 16.5. The fourth-order valence-electron chi connectivity index (χ4n) is 2.96. The predicted molar refractivity (Wildman–Crippen MR) is 87.4 cm³/mol. The van der Waals surface area contributed by atoms with E-state index in [2.05, 4.69) is 9.97 Å². The second-order valence-corrected chi connectivity index (χ2v) is 5.94. The summed E-state index contributed by atoms with van der Waals surface area (Å²) in [6, 6.07) is 9.60. The molecule has 0 aliphatic carbocycles. The summed E-state index contributed by atoms with van der Waals surface area (Å²) in [7, 11) is 0. The maximum atomic E-state index is 11.8. The number of aryl methyl sites for hydroxylation is 2. The number of hydrogen-bond donors (Lipinski definition) is 0. The molecule has 2 heterocycles. The normalized spacial score (nSPS) is 17.3. The average molecular weight is 311 g/mol. The van der Waals surface area contributed by atoms with E-state index in [-0.39, 0.29) is 11.9 Å². The van der Waals surface area contributed by atoms with Crippen molar-refractivity contribution >= 4 is 5.91 Å². The maximum Gasteiger partial charge on any atom is 0.222 e. The number of hydrogen-bond acceptors (Lipinski definition) is 4. The highest BCUT2D eigenvalue weighted by molar-refractivity contribution is 5.74. The molecule has 0 bridgehead atoms. The zero-order valence-electron chi connectivity index (χ0n) is 13.7. The maximum absolute atomic E-state index is 11.8. The lowest BCUT2D eigenvalue weighted by atomic mass is 10.2. The van der Waals surface area contributed by atoms with Gasteiger partial charge in [0.15, 0.2) is 5.82 Å². The number of benzene rings is 1. The van der Waals surface area contributed by atoms with Crippen LogP contribution >= 0.6 is 0 Å². The van der Waals surface area contributed by atoms with Crippen LogP contribution in [0.15, 0.2) is 30.3 Å². The van der Waals surface area contributed by atoms with Gasteiger partial charge in [-0.05, 0) is 38.3 Å². The lowest BCUT2D eigenvalue weighted by Gasteiger charge is -2.22. The molecule has 1 atom stereocenters. The third-order valence-corrected chi connectivity index (χ3v) is 4.11. The van der Waals surface area contributed by atoms with Crippen molar-refractivity contribution in [2.75, 3.05) is 6.54 Å². The number of ether oxygens (including phenoxy) is 1. The van der Waals surface area contributed by atoms with Crippen LogP contribution in [0.5, 0.6) is 11.6 Å². The Morgan fingerprint density at radius 3 is 2.78 bits per heavy atom. The first kappa shape index (κ1) is 15.5. The van der Waals surface area contributed by atoms with E-state index < -0.39 is 0 Å². The zero-order chi connectivity index (χ0) is 16.4. The SMILES string of the molecule is CC(=O)N1CCC[C@@H]1c1nc(C)cc(Oc2ccccc2C)n1. The van der Waals surface area contributed by atoms with Gasteiger partial charge in [-0.15, -0.1) is 0 Å². The Hall–Kier alpha value is -2.43. The second kappa shape index (κ2) is 6.36. The topological polar surface area (TPSA) is 55.3 Å². The van der Waals surface area contributed by atoms with Crippen LogP contribution in [0.25, 0.3) is 0 Å². The standard InChI is InChI=1S/C18H21N3O2/c1-12-7-4-5-9-16(12)23-17-11-13(2)19-18(20-17)15-8-6-10-21(15)14(3)22/h4-5,7,9,11,15H,6,8,10H2,1-3H3/t15-/m1/s1. The molecule has 5 heteroatoms. The summed E-state index contributed by atoms with van der Waals surface area (Å²) in [4.78, 5) is 22.7. The number of carbonyl (C=O) groups is 1. The summed E-state index contributed by atoms with van der Waals surface area (Å²) < 4.78 is 5.93. The van der Waals surface area contributed by atoms with Gasteiger partial charge < -0.3 is 9.64 Å². The molecule has 1 fully saturated rings. The zero-order valence-corrected chi connectivity index (χ0v) is 13.7. The van der Waals surface area contributed by atoms with Crippen LogP contribution in [0.4, 0.5) is 0 Å². The van der Waals surface area contributed by atoms with Crippen molar-refractivity contribution in [3.63, 3.8) is 0 Å². The van der Waals surface area contributed by atoms with Gasteiger partial charge in [0, 0.05) is 25.2 Å². The smallest absolute Gasteiger partial charge is 0.222 e. The van der Waals surface area contributed by atoms with Gasteiger partial charge in [-0.25, -0.2) is 4.98 Å². The minimum Gasteiger partial charge on any atom is -0.439 e. The number of para-hydroxylation sites is 1. The molecule has 1 saturated heterocycles. The first-order valence-corrected chi connectivity index (χ1v) is 7.91. The molecule has 0 spiro atoms. The van der Waals surface area contributed by atoms with Crippen molar-refractivity contribution in [2.24, 2.45) is 0 Å². The number of likely N-dealkylation sites (tertiary alicyclic amines) is 1. The first-order chi connectivity index (χ1) is 11.0. The summed E-state index contributed by atoms with van der Waals surface area (Å²) in [5.74, 6) is 2.05. The van der Waals surface area contributed by atoms with Crippen molar-refractivity contribution in [3.05, 3.63) is 47.4 Å².